The van der Waals surface area contributed by atoms with Gasteiger partial charge in [0.1, 0.15) is 50.0 Å². The van der Waals surface area contributed by atoms with Crippen LogP contribution in [0.25, 0.3) is 22.1 Å². The van der Waals surface area contributed by atoms with Crippen LogP contribution in [-0.2, 0) is 6.54 Å². The molecule has 0 saturated carbocycles. The highest BCUT2D eigenvalue weighted by Gasteiger charge is 2.25. The van der Waals surface area contributed by atoms with Crippen molar-refractivity contribution in [3.8, 4) is 28.4 Å². The van der Waals surface area contributed by atoms with Gasteiger partial charge in [-0.3, -0.25) is 0 Å². The Labute approximate surface area is 181 Å². The fourth-order valence-corrected chi connectivity index (χ4v) is 4.41. The molecule has 31 heavy (non-hydrogen) atoms. The first-order valence-electron chi connectivity index (χ1n) is 10.6. The van der Waals surface area contributed by atoms with Crippen molar-refractivity contribution in [1.82, 2.24) is 0 Å². The zero-order valence-electron chi connectivity index (χ0n) is 18.5. The first-order chi connectivity index (χ1) is 14.9. The zero-order chi connectivity index (χ0) is 22.1. The number of aromatic hydroxyl groups is 1. The van der Waals surface area contributed by atoms with Crippen LogP contribution in [0.5, 0.6) is 17.2 Å². The number of rotatable bonds is 5. The highest BCUT2D eigenvalue weighted by atomic mass is 16.5. The van der Waals surface area contributed by atoms with Gasteiger partial charge in [-0.1, -0.05) is 0 Å². The molecule has 0 atom stereocenters. The van der Waals surface area contributed by atoms with Crippen LogP contribution < -0.4 is 24.9 Å². The smallest absolute Gasteiger partial charge is 0.344 e. The fourth-order valence-electron chi connectivity index (χ4n) is 4.41. The summed E-state index contributed by atoms with van der Waals surface area (Å²) in [5.41, 5.74) is 2.55. The standard InChI is InChI=1S/C24H28N2O5/c1-15-17-6-7-20(27)19(14-26-11-9-25(2)10-12-26)23(17)31-24(28)22(15)18-13-16(29-3)5-8-21(18)30-4/h5-8,13,27H,9-12,14H2,1-4H3/p+2. The van der Waals surface area contributed by atoms with Crippen molar-refractivity contribution >= 4 is 11.0 Å². The van der Waals surface area contributed by atoms with E-state index in [9.17, 15) is 9.90 Å². The fraction of sp³-hybridized carbons (Fsp3) is 0.375. The van der Waals surface area contributed by atoms with E-state index in [0.717, 1.165) is 37.1 Å². The van der Waals surface area contributed by atoms with E-state index in [0.29, 0.717) is 40.3 Å². The molecular weight excluding hydrogens is 396 g/mol. The van der Waals surface area contributed by atoms with Crippen molar-refractivity contribution < 1.29 is 28.8 Å². The van der Waals surface area contributed by atoms with Gasteiger partial charge >= 0.3 is 5.63 Å². The lowest BCUT2D eigenvalue weighted by atomic mass is 9.97. The van der Waals surface area contributed by atoms with Crippen LogP contribution in [0.3, 0.4) is 0 Å². The maximum Gasteiger partial charge on any atom is 0.344 e. The average Bonchev–Trinajstić information content (AvgIpc) is 2.77. The molecule has 1 aromatic heterocycles. The van der Waals surface area contributed by atoms with Crippen LogP contribution in [0.4, 0.5) is 0 Å². The molecule has 7 nitrogen and oxygen atoms in total. The van der Waals surface area contributed by atoms with E-state index in [1.165, 1.54) is 9.80 Å². The molecule has 3 aromatic rings. The predicted octanol–water partition coefficient (Wildman–Crippen LogP) is 0.404. The highest BCUT2D eigenvalue weighted by molar-refractivity contribution is 5.90. The summed E-state index contributed by atoms with van der Waals surface area (Å²) in [6.45, 7) is 6.74. The molecule has 2 heterocycles. The Bertz CT molecular complexity index is 1160. The minimum Gasteiger partial charge on any atom is -0.507 e. The first kappa shape index (κ1) is 21.2. The maximum absolute atomic E-state index is 13.2. The van der Waals surface area contributed by atoms with E-state index in [4.69, 9.17) is 13.9 Å². The van der Waals surface area contributed by atoms with E-state index >= 15 is 0 Å². The molecular formula is C24H30N2O5+2. The highest BCUT2D eigenvalue weighted by Crippen LogP contribution is 2.37. The maximum atomic E-state index is 13.2. The lowest BCUT2D eigenvalue weighted by molar-refractivity contribution is -1.01. The average molecular weight is 427 g/mol. The Morgan fingerprint density at radius 1 is 1.06 bits per heavy atom. The first-order valence-corrected chi connectivity index (χ1v) is 10.6. The monoisotopic (exact) mass is 426 g/mol. The summed E-state index contributed by atoms with van der Waals surface area (Å²) in [5, 5.41) is 11.4. The second-order valence-corrected chi connectivity index (χ2v) is 8.28. The Morgan fingerprint density at radius 2 is 1.81 bits per heavy atom. The van der Waals surface area contributed by atoms with E-state index in [1.54, 1.807) is 38.5 Å². The summed E-state index contributed by atoms with van der Waals surface area (Å²) in [6, 6.07) is 8.85. The molecule has 3 N–H and O–H groups in total. The molecule has 0 spiro atoms. The number of methoxy groups -OCH3 is 2. The van der Waals surface area contributed by atoms with Crippen molar-refractivity contribution in [3.63, 3.8) is 0 Å². The molecule has 164 valence electrons. The van der Waals surface area contributed by atoms with Crippen LogP contribution in [0.15, 0.2) is 39.5 Å². The van der Waals surface area contributed by atoms with E-state index < -0.39 is 5.63 Å². The van der Waals surface area contributed by atoms with Crippen molar-refractivity contribution in [2.75, 3.05) is 47.4 Å². The minimum atomic E-state index is -0.457. The Hall–Kier alpha value is -3.03. The molecule has 0 unspecified atom stereocenters. The van der Waals surface area contributed by atoms with Gasteiger partial charge in [-0.15, -0.1) is 0 Å². The van der Waals surface area contributed by atoms with Gasteiger partial charge in [0.05, 0.1) is 32.4 Å². The number of fused-ring (bicyclic) bond motifs is 1. The number of ether oxygens (including phenoxy) is 2. The van der Waals surface area contributed by atoms with E-state index in [1.807, 2.05) is 13.0 Å². The number of piperazine rings is 1. The Morgan fingerprint density at radius 3 is 2.48 bits per heavy atom. The Balaban J connectivity index is 1.85. The molecule has 1 aliphatic rings. The second-order valence-electron chi connectivity index (χ2n) is 8.28. The number of nitrogens with one attached hydrogen (secondary N) is 2. The summed E-state index contributed by atoms with van der Waals surface area (Å²) in [7, 11) is 5.35. The number of phenols is 1. The molecule has 1 fully saturated rings. The molecule has 1 aliphatic heterocycles. The van der Waals surface area contributed by atoms with Gasteiger partial charge in [-0.2, -0.15) is 0 Å². The third-order valence-corrected chi connectivity index (χ3v) is 6.33. The number of quaternary nitrogens is 2. The minimum absolute atomic E-state index is 0.167. The van der Waals surface area contributed by atoms with Crippen LogP contribution in [0.1, 0.15) is 11.1 Å². The van der Waals surface area contributed by atoms with Crippen molar-refractivity contribution in [2.45, 2.75) is 13.5 Å². The molecule has 0 aliphatic carbocycles. The number of phenolic OH excluding ortho intramolecular Hbond substituents is 1. The van der Waals surface area contributed by atoms with Gasteiger partial charge in [-0.25, -0.2) is 4.79 Å². The van der Waals surface area contributed by atoms with Crippen molar-refractivity contribution in [1.29, 1.82) is 0 Å². The normalized spacial score (nSPS) is 18.8. The van der Waals surface area contributed by atoms with Gasteiger partial charge in [0.15, 0.2) is 5.58 Å². The van der Waals surface area contributed by atoms with Gasteiger partial charge in [0.25, 0.3) is 0 Å². The van der Waals surface area contributed by atoms with Gasteiger partial charge in [0.2, 0.25) is 0 Å². The Kier molecular flexibility index (Phi) is 5.89. The van der Waals surface area contributed by atoms with Crippen LogP contribution in [-0.4, -0.2) is 52.6 Å². The summed E-state index contributed by atoms with van der Waals surface area (Å²) in [4.78, 5) is 16.1. The third kappa shape index (κ3) is 3.98. The van der Waals surface area contributed by atoms with Gasteiger partial charge < -0.3 is 28.8 Å². The van der Waals surface area contributed by atoms with E-state index in [2.05, 4.69) is 7.05 Å². The molecule has 1 saturated heterocycles. The van der Waals surface area contributed by atoms with Gasteiger partial charge in [0, 0.05) is 10.9 Å². The summed E-state index contributed by atoms with van der Waals surface area (Å²) < 4.78 is 16.7. The molecule has 0 bridgehead atoms. The predicted molar refractivity (Wildman–Crippen MR) is 118 cm³/mol. The summed E-state index contributed by atoms with van der Waals surface area (Å²) >= 11 is 0. The molecule has 4 rings (SSSR count). The van der Waals surface area contributed by atoms with Crippen LogP contribution in [0, 0.1) is 6.92 Å². The SMILES string of the molecule is COc1ccc(OC)c(-c2c(C)c3ccc(O)c(C[NH+]4CC[NH+](C)CC4)c3oc2=O)c1. The van der Waals surface area contributed by atoms with Gasteiger partial charge in [-0.05, 0) is 42.8 Å². The lowest BCUT2D eigenvalue weighted by Gasteiger charge is -2.27. The quantitative estimate of drug-likeness (QED) is 0.515. The lowest BCUT2D eigenvalue weighted by Crippen LogP contribution is -3.26. The molecule has 0 amide bonds. The molecule has 2 aromatic carbocycles. The second kappa shape index (κ2) is 8.61. The topological polar surface area (TPSA) is 77.8 Å². The summed E-state index contributed by atoms with van der Waals surface area (Å²) in [5.74, 6) is 1.36. The number of hydrogen-bond acceptors (Lipinski definition) is 5. The largest absolute Gasteiger partial charge is 0.507 e. The molecule has 0 radical (unpaired) electrons. The third-order valence-electron chi connectivity index (χ3n) is 6.33. The summed E-state index contributed by atoms with van der Waals surface area (Å²) in [6.07, 6.45) is 0. The number of likely N-dealkylation sites (N-methyl/N-ethyl adjacent to an activating group) is 1. The van der Waals surface area contributed by atoms with Crippen LogP contribution >= 0.6 is 0 Å². The number of aryl methyl sites for hydroxylation is 1. The van der Waals surface area contributed by atoms with Crippen molar-refractivity contribution in [3.05, 3.63) is 51.9 Å². The van der Waals surface area contributed by atoms with Crippen molar-refractivity contribution in [2.24, 2.45) is 0 Å². The number of benzene rings is 2. The van der Waals surface area contributed by atoms with E-state index in [-0.39, 0.29) is 5.75 Å². The molecule has 7 heteroatoms. The number of hydrogen-bond donors (Lipinski definition) is 3. The zero-order valence-corrected chi connectivity index (χ0v) is 18.5. The van der Waals surface area contributed by atoms with Crippen LogP contribution in [0.2, 0.25) is 0 Å².